The minimum atomic E-state index is -3.58. The van der Waals surface area contributed by atoms with Gasteiger partial charge in [0, 0.05) is 31.7 Å². The molecule has 1 N–H and O–H groups in total. The summed E-state index contributed by atoms with van der Waals surface area (Å²) in [5.74, 6) is -1.04. The van der Waals surface area contributed by atoms with Gasteiger partial charge in [0.1, 0.15) is 0 Å². The second-order valence-corrected chi connectivity index (χ2v) is 9.81. The van der Waals surface area contributed by atoms with Crippen molar-refractivity contribution in [2.24, 2.45) is 17.8 Å². The molecule has 0 bridgehead atoms. The smallest absolute Gasteiger partial charge is 0.308 e. The maximum Gasteiger partial charge on any atom is 0.308 e. The third-order valence-electron chi connectivity index (χ3n) is 5.40. The molecule has 2 fully saturated rings. The summed E-state index contributed by atoms with van der Waals surface area (Å²) in [7, 11) is -3.58. The number of hydrogen-bond donors (Lipinski definition) is 1. The first-order chi connectivity index (χ1) is 12.7. The Bertz CT molecular complexity index is 811. The number of nitrogens with zero attached hydrogens (tertiary/aromatic N) is 2. The Labute approximate surface area is 160 Å². The van der Waals surface area contributed by atoms with Crippen molar-refractivity contribution in [2.75, 3.05) is 26.2 Å². The summed E-state index contributed by atoms with van der Waals surface area (Å²) in [5, 5.41) is 9.06. The van der Waals surface area contributed by atoms with Gasteiger partial charge in [-0.1, -0.05) is 13.8 Å². The number of rotatable bonds is 4. The highest BCUT2D eigenvalue weighted by Crippen LogP contribution is 2.27. The molecule has 1 aromatic carbocycles. The fraction of sp³-hybridized carbons (Fsp3) is 0.579. The minimum absolute atomic E-state index is 0.185. The molecule has 148 valence electrons. The van der Waals surface area contributed by atoms with Gasteiger partial charge in [0.15, 0.2) is 0 Å². The molecule has 0 aromatic heterocycles. The first kappa shape index (κ1) is 19.8. The summed E-state index contributed by atoms with van der Waals surface area (Å²) in [6.45, 7) is 5.73. The number of carboxylic acid groups (broad SMARTS) is 1. The third-order valence-corrected chi connectivity index (χ3v) is 7.24. The Morgan fingerprint density at radius 1 is 1.04 bits per heavy atom. The second-order valence-electron chi connectivity index (χ2n) is 7.87. The van der Waals surface area contributed by atoms with E-state index in [0.29, 0.717) is 43.5 Å². The lowest BCUT2D eigenvalue weighted by atomic mass is 9.94. The Hall–Kier alpha value is -1.93. The number of sulfonamides is 1. The average molecular weight is 394 g/mol. The minimum Gasteiger partial charge on any atom is -0.481 e. The van der Waals surface area contributed by atoms with Crippen LogP contribution in [0.3, 0.4) is 0 Å². The van der Waals surface area contributed by atoms with Gasteiger partial charge in [0.05, 0.1) is 10.8 Å². The lowest BCUT2D eigenvalue weighted by Crippen LogP contribution is -2.42. The predicted molar refractivity (Wildman–Crippen MR) is 99.8 cm³/mol. The Balaban J connectivity index is 1.73. The summed E-state index contributed by atoms with van der Waals surface area (Å²) < 4.78 is 27.3. The molecule has 0 saturated carbocycles. The van der Waals surface area contributed by atoms with E-state index in [1.807, 2.05) is 0 Å². The van der Waals surface area contributed by atoms with Gasteiger partial charge in [-0.3, -0.25) is 9.59 Å². The zero-order chi connectivity index (χ0) is 19.8. The fourth-order valence-electron chi connectivity index (χ4n) is 4.05. The molecule has 0 aliphatic carbocycles. The number of hydrogen-bond acceptors (Lipinski definition) is 4. The Morgan fingerprint density at radius 2 is 1.63 bits per heavy atom. The number of carbonyl (C=O) groups is 2. The van der Waals surface area contributed by atoms with Crippen LogP contribution in [-0.4, -0.2) is 60.8 Å². The molecular weight excluding hydrogens is 368 g/mol. The molecule has 1 amide bonds. The molecule has 0 spiro atoms. The molecule has 2 aliphatic heterocycles. The molecule has 7 nitrogen and oxygen atoms in total. The standard InChI is InChI=1S/C19H26N2O5S/c1-13-9-14(2)11-21(10-13)27(25,26)17-5-3-15(4-6-17)18(22)20-8-7-16(12-20)19(23)24/h3-6,13-14,16H,7-12H2,1-2H3,(H,23,24). The monoisotopic (exact) mass is 394 g/mol. The van der Waals surface area contributed by atoms with Crippen molar-refractivity contribution in [1.82, 2.24) is 9.21 Å². The molecule has 0 radical (unpaired) electrons. The van der Waals surface area contributed by atoms with Gasteiger partial charge in [-0.15, -0.1) is 0 Å². The molecular formula is C19H26N2O5S. The number of piperidine rings is 1. The van der Waals surface area contributed by atoms with E-state index in [1.165, 1.54) is 33.5 Å². The van der Waals surface area contributed by atoms with Gasteiger partial charge in [-0.2, -0.15) is 4.31 Å². The third kappa shape index (κ3) is 4.16. The van der Waals surface area contributed by atoms with Crippen LogP contribution in [0, 0.1) is 17.8 Å². The van der Waals surface area contributed by atoms with E-state index in [4.69, 9.17) is 5.11 Å². The van der Waals surface area contributed by atoms with Crippen LogP contribution in [0.25, 0.3) is 0 Å². The van der Waals surface area contributed by atoms with Crippen molar-refractivity contribution in [3.63, 3.8) is 0 Å². The van der Waals surface area contributed by atoms with Crippen molar-refractivity contribution >= 4 is 21.9 Å². The summed E-state index contributed by atoms with van der Waals surface area (Å²) in [4.78, 5) is 25.3. The average Bonchev–Trinajstić information content (AvgIpc) is 3.11. The van der Waals surface area contributed by atoms with E-state index >= 15 is 0 Å². The topological polar surface area (TPSA) is 95.0 Å². The van der Waals surface area contributed by atoms with Crippen LogP contribution < -0.4 is 0 Å². The van der Waals surface area contributed by atoms with Crippen molar-refractivity contribution in [1.29, 1.82) is 0 Å². The fourth-order valence-corrected chi connectivity index (χ4v) is 5.73. The van der Waals surface area contributed by atoms with Gasteiger partial charge in [0.25, 0.3) is 5.91 Å². The number of carbonyl (C=O) groups excluding carboxylic acids is 1. The summed E-state index contributed by atoms with van der Waals surface area (Å²) in [5.41, 5.74) is 0.375. The van der Waals surface area contributed by atoms with Crippen LogP contribution in [0.2, 0.25) is 0 Å². The van der Waals surface area contributed by atoms with Gasteiger partial charge >= 0.3 is 5.97 Å². The molecule has 3 atom stereocenters. The molecule has 3 unspecified atom stereocenters. The lowest BCUT2D eigenvalue weighted by molar-refractivity contribution is -0.141. The van der Waals surface area contributed by atoms with E-state index in [1.54, 1.807) is 0 Å². The molecule has 2 saturated heterocycles. The second kappa shape index (κ2) is 7.59. The first-order valence-electron chi connectivity index (χ1n) is 9.30. The van der Waals surface area contributed by atoms with E-state index < -0.39 is 21.9 Å². The van der Waals surface area contributed by atoms with Gasteiger partial charge < -0.3 is 10.0 Å². The summed E-state index contributed by atoms with van der Waals surface area (Å²) in [6, 6.07) is 5.97. The molecule has 8 heteroatoms. The van der Waals surface area contributed by atoms with Crippen LogP contribution >= 0.6 is 0 Å². The largest absolute Gasteiger partial charge is 0.481 e. The normalized spacial score (nSPS) is 26.9. The maximum absolute atomic E-state index is 12.9. The van der Waals surface area contributed by atoms with Gasteiger partial charge in [0.2, 0.25) is 10.0 Å². The first-order valence-corrected chi connectivity index (χ1v) is 10.7. The SMILES string of the molecule is CC1CC(C)CN(S(=O)(=O)c2ccc(C(=O)N3CCC(C(=O)O)C3)cc2)C1. The zero-order valence-corrected chi connectivity index (χ0v) is 16.5. The van der Waals surface area contributed by atoms with E-state index in [2.05, 4.69) is 13.8 Å². The molecule has 2 heterocycles. The summed E-state index contributed by atoms with van der Waals surface area (Å²) >= 11 is 0. The molecule has 2 aliphatic rings. The number of likely N-dealkylation sites (tertiary alicyclic amines) is 1. The highest BCUT2D eigenvalue weighted by molar-refractivity contribution is 7.89. The molecule has 1 aromatic rings. The van der Waals surface area contributed by atoms with Crippen LogP contribution in [0.15, 0.2) is 29.2 Å². The molecule has 3 rings (SSSR count). The van der Waals surface area contributed by atoms with Crippen molar-refractivity contribution in [3.8, 4) is 0 Å². The van der Waals surface area contributed by atoms with Crippen molar-refractivity contribution in [2.45, 2.75) is 31.6 Å². The van der Waals surface area contributed by atoms with Crippen LogP contribution in [0.1, 0.15) is 37.0 Å². The van der Waals surface area contributed by atoms with E-state index in [9.17, 15) is 18.0 Å². The van der Waals surface area contributed by atoms with Crippen LogP contribution in [-0.2, 0) is 14.8 Å². The quantitative estimate of drug-likeness (QED) is 0.842. The van der Waals surface area contributed by atoms with Crippen molar-refractivity contribution < 1.29 is 23.1 Å². The number of amides is 1. The van der Waals surface area contributed by atoms with Gasteiger partial charge in [-0.05, 0) is 48.9 Å². The number of benzene rings is 1. The van der Waals surface area contributed by atoms with E-state index in [-0.39, 0.29) is 17.3 Å². The number of carboxylic acids is 1. The number of aliphatic carboxylic acids is 1. The van der Waals surface area contributed by atoms with Crippen LogP contribution in [0.4, 0.5) is 0 Å². The lowest BCUT2D eigenvalue weighted by Gasteiger charge is -2.34. The predicted octanol–water partition coefficient (Wildman–Crippen LogP) is 1.90. The van der Waals surface area contributed by atoms with Crippen molar-refractivity contribution in [3.05, 3.63) is 29.8 Å². The van der Waals surface area contributed by atoms with Gasteiger partial charge in [-0.25, -0.2) is 8.42 Å². The van der Waals surface area contributed by atoms with Crippen LogP contribution in [0.5, 0.6) is 0 Å². The van der Waals surface area contributed by atoms with E-state index in [0.717, 1.165) is 6.42 Å². The highest BCUT2D eigenvalue weighted by Gasteiger charge is 2.33. The maximum atomic E-state index is 12.9. The Morgan fingerprint density at radius 3 is 2.15 bits per heavy atom. The summed E-state index contributed by atoms with van der Waals surface area (Å²) in [6.07, 6.45) is 1.46. The highest BCUT2D eigenvalue weighted by atomic mass is 32.2. The molecule has 27 heavy (non-hydrogen) atoms. The Kier molecular flexibility index (Phi) is 5.58. The zero-order valence-electron chi connectivity index (χ0n) is 15.7.